The normalized spacial score (nSPS) is 17.7. The Morgan fingerprint density at radius 1 is 1.22 bits per heavy atom. The molecule has 1 aliphatic rings. The van der Waals surface area contributed by atoms with Gasteiger partial charge in [0.25, 0.3) is 5.91 Å². The highest BCUT2D eigenvalue weighted by Crippen LogP contribution is 2.25. The van der Waals surface area contributed by atoms with Crippen molar-refractivity contribution in [2.75, 3.05) is 4.90 Å². The number of hydrogen-bond donors (Lipinski definition) is 1. The lowest BCUT2D eigenvalue weighted by molar-refractivity contribution is -0.177. The number of carbonyl (C=O) groups excluding carboxylic acids is 3. The van der Waals surface area contributed by atoms with Crippen molar-refractivity contribution in [1.82, 2.24) is 5.06 Å². The van der Waals surface area contributed by atoms with Gasteiger partial charge in [0.1, 0.15) is 6.04 Å². The van der Waals surface area contributed by atoms with Gasteiger partial charge in [0.15, 0.2) is 0 Å². The molecule has 0 radical (unpaired) electrons. The van der Waals surface area contributed by atoms with Crippen LogP contribution in [0.1, 0.15) is 45.4 Å². The minimum Gasteiger partial charge on any atom is -0.285 e. The van der Waals surface area contributed by atoms with Gasteiger partial charge in [-0.15, -0.1) is 0 Å². The van der Waals surface area contributed by atoms with Crippen LogP contribution in [0.25, 0.3) is 0 Å². The van der Waals surface area contributed by atoms with E-state index in [9.17, 15) is 19.6 Å². The SMILES string of the molecule is CCCCCCC(=O)N(O)[C@H]1CC(=O)N(c2ccccc2)C1=O. The summed E-state index contributed by atoms with van der Waals surface area (Å²) in [7, 11) is 0. The summed E-state index contributed by atoms with van der Waals surface area (Å²) in [5.74, 6) is -1.49. The van der Waals surface area contributed by atoms with Crippen molar-refractivity contribution in [3.63, 3.8) is 0 Å². The van der Waals surface area contributed by atoms with E-state index in [0.717, 1.165) is 24.2 Å². The van der Waals surface area contributed by atoms with E-state index in [2.05, 4.69) is 6.92 Å². The quantitative estimate of drug-likeness (QED) is 0.363. The van der Waals surface area contributed by atoms with Crippen LogP contribution in [0.5, 0.6) is 0 Å². The van der Waals surface area contributed by atoms with Gasteiger partial charge in [-0.3, -0.25) is 19.6 Å². The number of para-hydroxylation sites is 1. The fraction of sp³-hybridized carbons (Fsp3) is 0.471. The zero-order valence-corrected chi connectivity index (χ0v) is 13.3. The van der Waals surface area contributed by atoms with Crippen LogP contribution in [0.2, 0.25) is 0 Å². The number of anilines is 1. The second-order valence-corrected chi connectivity index (χ2v) is 5.67. The molecule has 1 aromatic rings. The Hall–Kier alpha value is -2.21. The highest BCUT2D eigenvalue weighted by atomic mass is 16.5. The predicted molar refractivity (Wildman–Crippen MR) is 84.7 cm³/mol. The summed E-state index contributed by atoms with van der Waals surface area (Å²) in [6.07, 6.45) is 3.65. The third-order valence-electron chi connectivity index (χ3n) is 3.93. The van der Waals surface area contributed by atoms with Crippen LogP contribution >= 0.6 is 0 Å². The first kappa shape index (κ1) is 17.1. The number of nitrogens with zero attached hydrogens (tertiary/aromatic N) is 2. The van der Waals surface area contributed by atoms with Gasteiger partial charge in [0.05, 0.1) is 12.1 Å². The average molecular weight is 318 g/mol. The van der Waals surface area contributed by atoms with E-state index in [0.29, 0.717) is 17.2 Å². The summed E-state index contributed by atoms with van der Waals surface area (Å²) in [6.45, 7) is 2.07. The molecule has 0 bridgehead atoms. The van der Waals surface area contributed by atoms with Crippen LogP contribution in [-0.4, -0.2) is 34.0 Å². The molecular formula is C17H22N2O4. The summed E-state index contributed by atoms with van der Waals surface area (Å²) >= 11 is 0. The number of hydrogen-bond acceptors (Lipinski definition) is 4. The summed E-state index contributed by atoms with van der Waals surface area (Å²) in [6, 6.07) is 7.39. The largest absolute Gasteiger partial charge is 0.285 e. The molecule has 1 aliphatic heterocycles. The molecule has 1 fully saturated rings. The van der Waals surface area contributed by atoms with Crippen molar-refractivity contribution in [2.45, 2.75) is 51.5 Å². The second-order valence-electron chi connectivity index (χ2n) is 5.67. The van der Waals surface area contributed by atoms with E-state index in [4.69, 9.17) is 0 Å². The lowest BCUT2D eigenvalue weighted by atomic mass is 10.1. The first-order valence-corrected chi connectivity index (χ1v) is 7.99. The fourth-order valence-corrected chi connectivity index (χ4v) is 2.65. The molecule has 0 aromatic heterocycles. The molecular weight excluding hydrogens is 296 g/mol. The van der Waals surface area contributed by atoms with Crippen LogP contribution in [0, 0.1) is 0 Å². The molecule has 1 saturated heterocycles. The number of benzene rings is 1. The molecule has 23 heavy (non-hydrogen) atoms. The van der Waals surface area contributed by atoms with Gasteiger partial charge in [-0.2, -0.15) is 0 Å². The van der Waals surface area contributed by atoms with E-state index >= 15 is 0 Å². The Morgan fingerprint density at radius 2 is 1.91 bits per heavy atom. The molecule has 0 spiro atoms. The van der Waals surface area contributed by atoms with Gasteiger partial charge >= 0.3 is 0 Å². The van der Waals surface area contributed by atoms with Crippen molar-refractivity contribution >= 4 is 23.4 Å². The minimum atomic E-state index is -1.12. The topological polar surface area (TPSA) is 77.9 Å². The van der Waals surface area contributed by atoms with Gasteiger partial charge in [0.2, 0.25) is 11.8 Å². The first-order valence-electron chi connectivity index (χ1n) is 7.99. The molecule has 3 amide bonds. The smallest absolute Gasteiger partial charge is 0.259 e. The molecule has 1 aromatic carbocycles. The Kier molecular flexibility index (Phi) is 5.87. The van der Waals surface area contributed by atoms with E-state index in [1.54, 1.807) is 30.3 Å². The van der Waals surface area contributed by atoms with E-state index in [1.807, 2.05) is 0 Å². The van der Waals surface area contributed by atoms with Gasteiger partial charge in [-0.05, 0) is 18.6 Å². The molecule has 0 aliphatic carbocycles. The third-order valence-corrected chi connectivity index (χ3v) is 3.93. The number of rotatable bonds is 7. The maximum atomic E-state index is 12.4. The summed E-state index contributed by atoms with van der Waals surface area (Å²) in [4.78, 5) is 37.5. The molecule has 0 saturated carbocycles. The van der Waals surface area contributed by atoms with Crippen molar-refractivity contribution in [1.29, 1.82) is 0 Å². The molecule has 124 valence electrons. The van der Waals surface area contributed by atoms with Crippen molar-refractivity contribution in [3.05, 3.63) is 30.3 Å². The van der Waals surface area contributed by atoms with Gasteiger partial charge in [-0.25, -0.2) is 9.96 Å². The molecule has 1 atom stereocenters. The number of carbonyl (C=O) groups is 3. The van der Waals surface area contributed by atoms with Crippen LogP contribution in [0.3, 0.4) is 0 Å². The zero-order valence-electron chi connectivity index (χ0n) is 13.3. The maximum absolute atomic E-state index is 12.4. The minimum absolute atomic E-state index is 0.180. The van der Waals surface area contributed by atoms with Crippen molar-refractivity contribution < 1.29 is 19.6 Å². The number of amides is 3. The monoisotopic (exact) mass is 318 g/mol. The lowest BCUT2D eigenvalue weighted by Gasteiger charge is -2.21. The van der Waals surface area contributed by atoms with E-state index in [-0.39, 0.29) is 12.8 Å². The van der Waals surface area contributed by atoms with Crippen LogP contribution in [-0.2, 0) is 14.4 Å². The Morgan fingerprint density at radius 3 is 2.57 bits per heavy atom. The predicted octanol–water partition coefficient (Wildman–Crippen LogP) is 2.51. The molecule has 1 heterocycles. The summed E-state index contributed by atoms with van der Waals surface area (Å²) < 4.78 is 0. The molecule has 6 nitrogen and oxygen atoms in total. The number of imide groups is 1. The Labute approximate surface area is 135 Å². The van der Waals surface area contributed by atoms with Crippen LogP contribution < -0.4 is 4.90 Å². The van der Waals surface area contributed by atoms with Crippen LogP contribution in [0.15, 0.2) is 30.3 Å². The maximum Gasteiger partial charge on any atom is 0.259 e. The molecule has 1 N–H and O–H groups in total. The van der Waals surface area contributed by atoms with Crippen LogP contribution in [0.4, 0.5) is 5.69 Å². The Bertz CT molecular complexity index is 573. The van der Waals surface area contributed by atoms with Gasteiger partial charge in [-0.1, -0.05) is 44.4 Å². The standard InChI is InChI=1S/C17H22N2O4/c1-2-3-4-8-11-15(20)19(23)14-12-16(21)18(17(14)22)13-9-6-5-7-10-13/h5-7,9-10,14,23H,2-4,8,11-12H2,1H3/t14-/m0/s1. The zero-order chi connectivity index (χ0) is 16.8. The fourth-order valence-electron chi connectivity index (χ4n) is 2.65. The number of unbranched alkanes of at least 4 members (excludes halogenated alkanes) is 3. The molecule has 2 rings (SSSR count). The molecule has 6 heteroatoms. The number of hydroxylamine groups is 2. The van der Waals surface area contributed by atoms with Gasteiger partial charge < -0.3 is 0 Å². The second kappa shape index (κ2) is 7.87. The van der Waals surface area contributed by atoms with E-state index in [1.165, 1.54) is 0 Å². The van der Waals surface area contributed by atoms with Gasteiger partial charge in [0, 0.05) is 6.42 Å². The summed E-state index contributed by atoms with van der Waals surface area (Å²) in [5.41, 5.74) is 0.453. The highest BCUT2D eigenvalue weighted by Gasteiger charge is 2.44. The average Bonchev–Trinajstić information content (AvgIpc) is 2.86. The highest BCUT2D eigenvalue weighted by molar-refractivity contribution is 6.22. The van der Waals surface area contributed by atoms with Crippen molar-refractivity contribution in [2.24, 2.45) is 0 Å². The lowest BCUT2D eigenvalue weighted by Crippen LogP contribution is -2.43. The van der Waals surface area contributed by atoms with Crippen molar-refractivity contribution in [3.8, 4) is 0 Å². The molecule has 0 unspecified atom stereocenters. The Balaban J connectivity index is 2.00. The first-order chi connectivity index (χ1) is 11.1. The summed E-state index contributed by atoms with van der Waals surface area (Å²) in [5, 5.41) is 10.5. The van der Waals surface area contributed by atoms with E-state index < -0.39 is 23.8 Å². The third kappa shape index (κ3) is 3.96.